The largest absolute Gasteiger partial charge is 0.497 e. The van der Waals surface area contributed by atoms with Crippen LogP contribution in [0.25, 0.3) is 6.08 Å². The van der Waals surface area contributed by atoms with Gasteiger partial charge in [0.2, 0.25) is 0 Å². The maximum Gasteiger partial charge on any atom is 0.298 e. The molecule has 2 aromatic carbocycles. The van der Waals surface area contributed by atoms with Crippen molar-refractivity contribution in [1.29, 1.82) is 0 Å². The van der Waals surface area contributed by atoms with Gasteiger partial charge < -0.3 is 4.74 Å². The van der Waals surface area contributed by atoms with E-state index in [-0.39, 0.29) is 11.1 Å². The Bertz CT molecular complexity index is 796. The third-order valence-electron chi connectivity index (χ3n) is 3.48. The van der Waals surface area contributed by atoms with Crippen LogP contribution in [0.15, 0.2) is 53.4 Å². The molecule has 0 radical (unpaired) electrons. The molecule has 1 heterocycles. The number of anilines is 1. The summed E-state index contributed by atoms with van der Waals surface area (Å²) in [5.74, 6) is 0.290. The summed E-state index contributed by atoms with van der Waals surface area (Å²) < 4.78 is 5.15. The highest BCUT2D eigenvalue weighted by Gasteiger charge is 2.36. The fraction of sp³-hybridized carbons (Fsp3) is 0.111. The molecule has 1 aliphatic rings. The zero-order chi connectivity index (χ0) is 16.4. The number of methoxy groups -OCH3 is 1. The fourth-order valence-electron chi connectivity index (χ4n) is 2.25. The van der Waals surface area contributed by atoms with E-state index >= 15 is 0 Å². The zero-order valence-corrected chi connectivity index (χ0v) is 13.6. The first kappa shape index (κ1) is 15.4. The number of hydrogen-bond donors (Lipinski definition) is 0. The maximum absolute atomic E-state index is 12.6. The standard InChI is InChI=1S/C18H15NO3S/c1-12-6-8-13(9-7-12)10-16-17(20)19(18(21)23-16)14-4-3-5-15(11-14)22-2/h3-11H,1-2H3/b16-10-. The molecule has 116 valence electrons. The molecule has 0 N–H and O–H groups in total. The molecule has 0 unspecified atom stereocenters. The van der Waals surface area contributed by atoms with E-state index in [1.165, 1.54) is 4.90 Å². The summed E-state index contributed by atoms with van der Waals surface area (Å²) in [6, 6.07) is 14.7. The minimum atomic E-state index is -0.311. The summed E-state index contributed by atoms with van der Waals surface area (Å²) >= 11 is 0.947. The number of carbonyl (C=O) groups excluding carboxylic acids is 2. The summed E-state index contributed by atoms with van der Waals surface area (Å²) in [5, 5.41) is -0.304. The topological polar surface area (TPSA) is 46.6 Å². The van der Waals surface area contributed by atoms with Crippen LogP contribution in [0.5, 0.6) is 5.75 Å². The molecule has 3 rings (SSSR count). The molecule has 0 spiro atoms. The molecule has 0 aromatic heterocycles. The van der Waals surface area contributed by atoms with Crippen LogP contribution in [-0.4, -0.2) is 18.3 Å². The van der Waals surface area contributed by atoms with Gasteiger partial charge in [-0.25, -0.2) is 4.90 Å². The van der Waals surface area contributed by atoms with Crippen molar-refractivity contribution in [3.63, 3.8) is 0 Å². The van der Waals surface area contributed by atoms with E-state index < -0.39 is 0 Å². The second kappa shape index (κ2) is 6.30. The van der Waals surface area contributed by atoms with Crippen molar-refractivity contribution in [1.82, 2.24) is 0 Å². The number of rotatable bonds is 3. The lowest BCUT2D eigenvalue weighted by atomic mass is 10.1. The molecule has 23 heavy (non-hydrogen) atoms. The van der Waals surface area contributed by atoms with Gasteiger partial charge >= 0.3 is 0 Å². The van der Waals surface area contributed by atoms with Crippen molar-refractivity contribution < 1.29 is 14.3 Å². The smallest absolute Gasteiger partial charge is 0.298 e. The molecular formula is C18H15NO3S. The van der Waals surface area contributed by atoms with Crippen molar-refractivity contribution >= 4 is 34.7 Å². The molecule has 0 atom stereocenters. The van der Waals surface area contributed by atoms with Gasteiger partial charge in [-0.3, -0.25) is 9.59 Å². The van der Waals surface area contributed by atoms with E-state index in [9.17, 15) is 9.59 Å². The van der Waals surface area contributed by atoms with Crippen LogP contribution in [0.3, 0.4) is 0 Å². The Balaban J connectivity index is 1.91. The normalized spacial score (nSPS) is 16.3. The quantitative estimate of drug-likeness (QED) is 0.792. The van der Waals surface area contributed by atoms with Crippen LogP contribution in [0.4, 0.5) is 10.5 Å². The number of thioether (sulfide) groups is 1. The van der Waals surface area contributed by atoms with Gasteiger partial charge in [-0.15, -0.1) is 0 Å². The van der Waals surface area contributed by atoms with Gasteiger partial charge in [0.15, 0.2) is 0 Å². The Kier molecular flexibility index (Phi) is 4.21. The number of imide groups is 1. The van der Waals surface area contributed by atoms with Crippen LogP contribution < -0.4 is 9.64 Å². The highest BCUT2D eigenvalue weighted by molar-refractivity contribution is 8.19. The van der Waals surface area contributed by atoms with Crippen LogP contribution in [0.1, 0.15) is 11.1 Å². The first-order chi connectivity index (χ1) is 11.1. The van der Waals surface area contributed by atoms with E-state index in [0.29, 0.717) is 16.3 Å². The minimum absolute atomic E-state index is 0.304. The number of hydrogen-bond acceptors (Lipinski definition) is 4. The molecule has 1 saturated heterocycles. The average Bonchev–Trinajstić information content (AvgIpc) is 2.83. The van der Waals surface area contributed by atoms with Crippen LogP contribution >= 0.6 is 11.8 Å². The maximum atomic E-state index is 12.6. The van der Waals surface area contributed by atoms with Crippen LogP contribution in [0, 0.1) is 6.92 Å². The predicted octanol–water partition coefficient (Wildman–Crippen LogP) is 4.24. The predicted molar refractivity (Wildman–Crippen MR) is 92.6 cm³/mol. The van der Waals surface area contributed by atoms with E-state index in [2.05, 4.69) is 0 Å². The van der Waals surface area contributed by atoms with Crippen molar-refractivity contribution in [3.8, 4) is 5.75 Å². The van der Waals surface area contributed by atoms with Crippen molar-refractivity contribution in [3.05, 3.63) is 64.6 Å². The van der Waals surface area contributed by atoms with E-state index in [1.807, 2.05) is 31.2 Å². The Morgan fingerprint density at radius 1 is 1.09 bits per heavy atom. The highest BCUT2D eigenvalue weighted by Crippen LogP contribution is 2.36. The number of ether oxygens (including phenoxy) is 1. The van der Waals surface area contributed by atoms with Crippen LogP contribution in [-0.2, 0) is 4.79 Å². The summed E-state index contributed by atoms with van der Waals surface area (Å²) in [6.07, 6.45) is 1.74. The lowest BCUT2D eigenvalue weighted by Crippen LogP contribution is -2.27. The number of nitrogens with zero attached hydrogens (tertiary/aromatic N) is 1. The van der Waals surface area contributed by atoms with Gasteiger partial charge in [0, 0.05) is 6.07 Å². The Morgan fingerprint density at radius 3 is 2.52 bits per heavy atom. The van der Waals surface area contributed by atoms with Crippen LogP contribution in [0.2, 0.25) is 0 Å². The molecule has 2 amide bonds. The molecule has 0 aliphatic carbocycles. The molecular weight excluding hydrogens is 310 g/mol. The van der Waals surface area contributed by atoms with E-state index in [4.69, 9.17) is 4.74 Å². The molecule has 2 aromatic rings. The lowest BCUT2D eigenvalue weighted by molar-refractivity contribution is -0.113. The first-order valence-corrected chi connectivity index (χ1v) is 7.89. The lowest BCUT2D eigenvalue weighted by Gasteiger charge is -2.13. The van der Waals surface area contributed by atoms with Crippen molar-refractivity contribution in [2.75, 3.05) is 12.0 Å². The van der Waals surface area contributed by atoms with Crippen molar-refractivity contribution in [2.24, 2.45) is 0 Å². The highest BCUT2D eigenvalue weighted by atomic mass is 32.2. The number of amides is 2. The van der Waals surface area contributed by atoms with Gasteiger partial charge in [-0.1, -0.05) is 35.9 Å². The van der Waals surface area contributed by atoms with Gasteiger partial charge in [-0.2, -0.15) is 0 Å². The zero-order valence-electron chi connectivity index (χ0n) is 12.8. The summed E-state index contributed by atoms with van der Waals surface area (Å²) in [4.78, 5) is 26.4. The average molecular weight is 325 g/mol. The Hall–Kier alpha value is -2.53. The molecule has 1 aliphatic heterocycles. The van der Waals surface area contributed by atoms with Gasteiger partial charge in [0.25, 0.3) is 11.1 Å². The van der Waals surface area contributed by atoms with E-state index in [0.717, 1.165) is 22.9 Å². The third kappa shape index (κ3) is 3.14. The minimum Gasteiger partial charge on any atom is -0.497 e. The number of carbonyl (C=O) groups is 2. The summed E-state index contributed by atoms with van der Waals surface area (Å²) in [6.45, 7) is 2.00. The molecule has 0 bridgehead atoms. The third-order valence-corrected chi connectivity index (χ3v) is 4.35. The van der Waals surface area contributed by atoms with Gasteiger partial charge in [0.05, 0.1) is 17.7 Å². The molecule has 4 nitrogen and oxygen atoms in total. The second-order valence-corrected chi connectivity index (χ2v) is 6.12. The number of aryl methyl sites for hydroxylation is 1. The summed E-state index contributed by atoms with van der Waals surface area (Å²) in [5.41, 5.74) is 2.55. The second-order valence-electron chi connectivity index (χ2n) is 5.13. The van der Waals surface area contributed by atoms with Gasteiger partial charge in [-0.05, 0) is 42.5 Å². The Morgan fingerprint density at radius 2 is 1.83 bits per heavy atom. The SMILES string of the molecule is COc1cccc(N2C(=O)S/C(=C\c3ccc(C)cc3)C2=O)c1. The molecule has 5 heteroatoms. The number of benzene rings is 2. The van der Waals surface area contributed by atoms with Gasteiger partial charge in [0.1, 0.15) is 5.75 Å². The fourth-order valence-corrected chi connectivity index (χ4v) is 3.10. The molecule has 1 fully saturated rings. The molecule has 0 saturated carbocycles. The monoisotopic (exact) mass is 325 g/mol. The Labute approximate surface area is 138 Å². The van der Waals surface area contributed by atoms with E-state index in [1.54, 1.807) is 37.5 Å². The van der Waals surface area contributed by atoms with Crippen molar-refractivity contribution in [2.45, 2.75) is 6.92 Å². The summed E-state index contributed by atoms with van der Waals surface area (Å²) in [7, 11) is 1.55. The first-order valence-electron chi connectivity index (χ1n) is 7.07.